The van der Waals surface area contributed by atoms with Crippen LogP contribution in [0.5, 0.6) is 0 Å². The van der Waals surface area contributed by atoms with Gasteiger partial charge in [0, 0.05) is 31.1 Å². The third-order valence-electron chi connectivity index (χ3n) is 6.26. The van der Waals surface area contributed by atoms with Crippen LogP contribution in [0.3, 0.4) is 0 Å². The molecule has 0 aromatic heterocycles. The van der Waals surface area contributed by atoms with Gasteiger partial charge in [-0.3, -0.25) is 9.59 Å². The van der Waals surface area contributed by atoms with Crippen LogP contribution in [0.2, 0.25) is 0 Å². The second-order valence-electron chi connectivity index (χ2n) is 7.85. The third kappa shape index (κ3) is 3.30. The highest BCUT2D eigenvalue weighted by molar-refractivity contribution is 5.89. The lowest BCUT2D eigenvalue weighted by atomic mass is 9.73. The average Bonchev–Trinajstić information content (AvgIpc) is 2.63. The lowest BCUT2D eigenvalue weighted by Gasteiger charge is -2.59. The van der Waals surface area contributed by atoms with E-state index in [9.17, 15) is 14.7 Å². The number of amides is 2. The molecule has 1 N–H and O–H groups in total. The number of piperazine rings is 1. The number of aliphatic hydroxyl groups excluding tert-OH is 1. The van der Waals surface area contributed by atoms with Crippen molar-refractivity contribution in [2.24, 2.45) is 5.92 Å². The molecule has 2 amide bonds. The standard InChI is InChI=1S/C22H26N2O4/c1-28-11-3-4-15-7-9-16(10-8-15)21-18-12-23(22(27)17-5-2-6-17)13-20(26)24(18)19(21)14-25/h7-10,17-19,21,25H,2,5-6,11-14H2,1H3/t18-,19-,21+/m0/s1. The summed E-state index contributed by atoms with van der Waals surface area (Å²) in [5.41, 5.74) is 1.97. The minimum Gasteiger partial charge on any atom is -0.394 e. The van der Waals surface area contributed by atoms with Crippen molar-refractivity contribution in [3.05, 3.63) is 35.4 Å². The molecular formula is C22H26N2O4. The molecule has 0 spiro atoms. The molecule has 28 heavy (non-hydrogen) atoms. The first-order valence-corrected chi connectivity index (χ1v) is 9.92. The van der Waals surface area contributed by atoms with Crippen molar-refractivity contribution in [2.45, 2.75) is 37.3 Å². The number of methoxy groups -OCH3 is 1. The van der Waals surface area contributed by atoms with Crippen LogP contribution in [-0.4, -0.2) is 72.2 Å². The molecule has 1 saturated carbocycles. The second-order valence-corrected chi connectivity index (χ2v) is 7.85. The van der Waals surface area contributed by atoms with E-state index in [4.69, 9.17) is 4.74 Å². The van der Waals surface area contributed by atoms with Crippen molar-refractivity contribution in [1.29, 1.82) is 0 Å². The summed E-state index contributed by atoms with van der Waals surface area (Å²) in [4.78, 5) is 28.8. The molecule has 0 unspecified atom stereocenters. The maximum Gasteiger partial charge on any atom is 0.242 e. The number of rotatable bonds is 4. The lowest BCUT2D eigenvalue weighted by Crippen LogP contribution is -2.73. The molecule has 6 heteroatoms. The van der Waals surface area contributed by atoms with Gasteiger partial charge in [0.05, 0.1) is 25.2 Å². The van der Waals surface area contributed by atoms with E-state index in [1.54, 1.807) is 16.9 Å². The highest BCUT2D eigenvalue weighted by Gasteiger charge is 2.54. The van der Waals surface area contributed by atoms with E-state index < -0.39 is 0 Å². The molecule has 6 nitrogen and oxygen atoms in total. The van der Waals surface area contributed by atoms with Crippen LogP contribution in [-0.2, 0) is 14.3 Å². The van der Waals surface area contributed by atoms with Gasteiger partial charge in [0.25, 0.3) is 0 Å². The topological polar surface area (TPSA) is 70.1 Å². The number of ether oxygens (including phenoxy) is 1. The minimum absolute atomic E-state index is 0.0342. The zero-order chi connectivity index (χ0) is 19.7. The number of aliphatic hydroxyl groups is 1. The normalized spacial score (nSPS) is 26.6. The molecule has 1 aromatic carbocycles. The first-order chi connectivity index (χ1) is 13.6. The summed E-state index contributed by atoms with van der Waals surface area (Å²) in [5.74, 6) is 6.16. The molecule has 4 rings (SSSR count). The zero-order valence-corrected chi connectivity index (χ0v) is 16.1. The van der Waals surface area contributed by atoms with Crippen molar-refractivity contribution in [3.63, 3.8) is 0 Å². The Balaban J connectivity index is 1.51. The number of carbonyl (C=O) groups is 2. The van der Waals surface area contributed by atoms with E-state index in [0.717, 1.165) is 30.4 Å². The quantitative estimate of drug-likeness (QED) is 0.789. The van der Waals surface area contributed by atoms with Gasteiger partial charge in [-0.1, -0.05) is 30.4 Å². The fraction of sp³-hybridized carbons (Fsp3) is 0.545. The van der Waals surface area contributed by atoms with Crippen LogP contribution in [0.4, 0.5) is 0 Å². The fourth-order valence-corrected chi connectivity index (χ4v) is 4.58. The summed E-state index contributed by atoms with van der Waals surface area (Å²) in [6.45, 7) is 1.01. The minimum atomic E-state index is -0.219. The van der Waals surface area contributed by atoms with Crippen molar-refractivity contribution < 1.29 is 19.4 Å². The van der Waals surface area contributed by atoms with Gasteiger partial charge < -0.3 is 19.6 Å². The molecule has 1 aromatic rings. The molecular weight excluding hydrogens is 356 g/mol. The lowest BCUT2D eigenvalue weighted by molar-refractivity contribution is -0.169. The number of carbonyl (C=O) groups excluding carboxylic acids is 2. The van der Waals surface area contributed by atoms with E-state index in [1.165, 1.54) is 0 Å². The highest BCUT2D eigenvalue weighted by atomic mass is 16.5. The molecule has 2 aliphatic heterocycles. The third-order valence-corrected chi connectivity index (χ3v) is 6.26. The van der Waals surface area contributed by atoms with Crippen molar-refractivity contribution in [2.75, 3.05) is 33.4 Å². The maximum atomic E-state index is 12.6. The largest absolute Gasteiger partial charge is 0.394 e. The van der Waals surface area contributed by atoms with Gasteiger partial charge in [0.2, 0.25) is 11.8 Å². The first-order valence-electron chi connectivity index (χ1n) is 9.92. The number of hydrogen-bond donors (Lipinski definition) is 1. The summed E-state index contributed by atoms with van der Waals surface area (Å²) < 4.78 is 4.94. The SMILES string of the molecule is COCC#Cc1ccc([C@H]2[C@H](CO)N3C(=O)CN(C(=O)C4CCC4)C[C@@H]23)cc1. The predicted octanol–water partition coefficient (Wildman–Crippen LogP) is 0.982. The Bertz CT molecular complexity index is 806. The smallest absolute Gasteiger partial charge is 0.242 e. The van der Waals surface area contributed by atoms with Crippen LogP contribution in [0, 0.1) is 17.8 Å². The van der Waals surface area contributed by atoms with E-state index in [0.29, 0.717) is 13.2 Å². The Morgan fingerprint density at radius 1 is 1.29 bits per heavy atom. The van der Waals surface area contributed by atoms with E-state index >= 15 is 0 Å². The van der Waals surface area contributed by atoms with Crippen LogP contribution in [0.1, 0.15) is 36.3 Å². The molecule has 1 aliphatic carbocycles. The summed E-state index contributed by atoms with van der Waals surface area (Å²) in [7, 11) is 1.61. The zero-order valence-electron chi connectivity index (χ0n) is 16.1. The molecule has 0 bridgehead atoms. The average molecular weight is 382 g/mol. The monoisotopic (exact) mass is 382 g/mol. The van der Waals surface area contributed by atoms with E-state index in [-0.39, 0.29) is 48.9 Å². The Labute approximate surface area is 165 Å². The van der Waals surface area contributed by atoms with Gasteiger partial charge >= 0.3 is 0 Å². The van der Waals surface area contributed by atoms with Crippen molar-refractivity contribution in [1.82, 2.24) is 9.80 Å². The molecule has 3 fully saturated rings. The van der Waals surface area contributed by atoms with Crippen LogP contribution >= 0.6 is 0 Å². The summed E-state index contributed by atoms with van der Waals surface area (Å²) in [5, 5.41) is 9.87. The van der Waals surface area contributed by atoms with Gasteiger partial charge in [0.1, 0.15) is 6.61 Å². The molecule has 148 valence electrons. The molecule has 0 radical (unpaired) electrons. The Morgan fingerprint density at radius 3 is 2.64 bits per heavy atom. The number of hydrogen-bond acceptors (Lipinski definition) is 4. The van der Waals surface area contributed by atoms with Crippen molar-refractivity contribution in [3.8, 4) is 11.8 Å². The molecule has 3 aliphatic rings. The summed E-state index contributed by atoms with van der Waals surface area (Å²) >= 11 is 0. The van der Waals surface area contributed by atoms with Gasteiger partial charge in [-0.05, 0) is 30.5 Å². The first kappa shape index (κ1) is 19.0. The Hall–Kier alpha value is -2.36. The van der Waals surface area contributed by atoms with Gasteiger partial charge in [-0.2, -0.15) is 0 Å². The van der Waals surface area contributed by atoms with Gasteiger partial charge in [0.15, 0.2) is 0 Å². The molecule has 3 atom stereocenters. The highest BCUT2D eigenvalue weighted by Crippen LogP contribution is 2.43. The fourth-order valence-electron chi connectivity index (χ4n) is 4.58. The van der Waals surface area contributed by atoms with Gasteiger partial charge in [-0.15, -0.1) is 0 Å². The molecule has 2 saturated heterocycles. The van der Waals surface area contributed by atoms with E-state index in [1.807, 2.05) is 24.3 Å². The van der Waals surface area contributed by atoms with Crippen LogP contribution < -0.4 is 0 Å². The maximum absolute atomic E-state index is 12.6. The summed E-state index contributed by atoms with van der Waals surface area (Å²) in [6, 6.07) is 7.66. The Morgan fingerprint density at radius 2 is 2.04 bits per heavy atom. The molecule has 2 heterocycles. The number of fused-ring (bicyclic) bond motifs is 1. The second kappa shape index (κ2) is 7.94. The number of benzene rings is 1. The van der Waals surface area contributed by atoms with Gasteiger partial charge in [-0.25, -0.2) is 0 Å². The van der Waals surface area contributed by atoms with Crippen LogP contribution in [0.15, 0.2) is 24.3 Å². The summed E-state index contributed by atoms with van der Waals surface area (Å²) in [6.07, 6.45) is 2.97. The van der Waals surface area contributed by atoms with Crippen molar-refractivity contribution >= 4 is 11.8 Å². The predicted molar refractivity (Wildman–Crippen MR) is 103 cm³/mol. The van der Waals surface area contributed by atoms with Crippen LogP contribution in [0.25, 0.3) is 0 Å². The van der Waals surface area contributed by atoms with E-state index in [2.05, 4.69) is 11.8 Å². The Kier molecular flexibility index (Phi) is 5.38. The number of nitrogens with zero attached hydrogens (tertiary/aromatic N) is 2.